The zero-order chi connectivity index (χ0) is 12.1. The molecule has 1 heterocycles. The maximum Gasteiger partial charge on any atom is 0.141 e. The molecule has 1 aromatic heterocycles. The van der Waals surface area contributed by atoms with Crippen LogP contribution >= 0.6 is 15.9 Å². The molecule has 0 aliphatic heterocycles. The molecular weight excluding hydrogens is 268 g/mol. The first-order chi connectivity index (χ1) is 7.49. The molecule has 1 aromatic rings. The predicted octanol–water partition coefficient (Wildman–Crippen LogP) is 2.57. The van der Waals surface area contributed by atoms with E-state index in [-0.39, 0.29) is 6.04 Å². The van der Waals surface area contributed by atoms with Crippen molar-refractivity contribution < 1.29 is 4.74 Å². The van der Waals surface area contributed by atoms with Gasteiger partial charge in [0.25, 0.3) is 0 Å². The molecule has 0 amide bonds. The fraction of sp³-hybridized carbons (Fsp3) is 0.417. The lowest BCUT2D eigenvalue weighted by Crippen LogP contribution is -2.19. The van der Waals surface area contributed by atoms with Crippen molar-refractivity contribution in [3.63, 3.8) is 0 Å². The number of halogens is 1. The number of hydrogen-bond acceptors (Lipinski definition) is 3. The Balaban J connectivity index is 2.84. The van der Waals surface area contributed by atoms with E-state index in [1.54, 1.807) is 0 Å². The van der Waals surface area contributed by atoms with Gasteiger partial charge in [0.2, 0.25) is 0 Å². The Bertz CT molecular complexity index is 377. The largest absolute Gasteiger partial charge is 0.486 e. The predicted molar refractivity (Wildman–Crippen MR) is 69.9 cm³/mol. The number of nitrogens with zero attached hydrogens (tertiary/aromatic N) is 1. The van der Waals surface area contributed by atoms with E-state index in [1.165, 1.54) is 0 Å². The standard InChI is InChI=1S/C12H17BrN2O/c1-8(13)7-16-12-5-4-10(3)15-11(12)6-9(2)14/h4-5,9H,1,6-7,14H2,2-3H3. The first-order valence-electron chi connectivity index (χ1n) is 5.17. The van der Waals surface area contributed by atoms with Crippen LogP contribution in [0.1, 0.15) is 18.3 Å². The van der Waals surface area contributed by atoms with Gasteiger partial charge in [0.1, 0.15) is 12.4 Å². The average molecular weight is 285 g/mol. The molecular formula is C12H17BrN2O. The van der Waals surface area contributed by atoms with Crippen LogP contribution in [0, 0.1) is 6.92 Å². The third-order valence-corrected chi connectivity index (χ3v) is 2.20. The minimum Gasteiger partial charge on any atom is -0.486 e. The van der Waals surface area contributed by atoms with Crippen LogP contribution in [0.5, 0.6) is 5.75 Å². The summed E-state index contributed by atoms with van der Waals surface area (Å²) in [5.74, 6) is 0.781. The van der Waals surface area contributed by atoms with Gasteiger partial charge in [0, 0.05) is 22.6 Å². The molecule has 0 aromatic carbocycles. The molecule has 1 unspecified atom stereocenters. The Hall–Kier alpha value is -0.870. The molecule has 0 radical (unpaired) electrons. The van der Waals surface area contributed by atoms with Crippen molar-refractivity contribution in [3.8, 4) is 5.75 Å². The summed E-state index contributed by atoms with van der Waals surface area (Å²) in [7, 11) is 0. The van der Waals surface area contributed by atoms with Gasteiger partial charge in [-0.15, -0.1) is 0 Å². The molecule has 0 saturated carbocycles. The number of rotatable bonds is 5. The van der Waals surface area contributed by atoms with Crippen LogP contribution in [-0.4, -0.2) is 17.6 Å². The van der Waals surface area contributed by atoms with Gasteiger partial charge >= 0.3 is 0 Å². The zero-order valence-electron chi connectivity index (χ0n) is 9.66. The lowest BCUT2D eigenvalue weighted by Gasteiger charge is -2.12. The fourth-order valence-electron chi connectivity index (χ4n) is 1.34. The number of hydrogen-bond donors (Lipinski definition) is 1. The van der Waals surface area contributed by atoms with Crippen LogP contribution < -0.4 is 10.5 Å². The molecule has 88 valence electrons. The molecule has 2 N–H and O–H groups in total. The maximum absolute atomic E-state index is 5.78. The number of ether oxygens (including phenoxy) is 1. The van der Waals surface area contributed by atoms with Crippen molar-refractivity contribution in [3.05, 3.63) is 34.6 Å². The zero-order valence-corrected chi connectivity index (χ0v) is 11.3. The molecule has 1 rings (SSSR count). The molecule has 3 nitrogen and oxygen atoms in total. The summed E-state index contributed by atoms with van der Waals surface area (Å²) in [4.78, 5) is 4.44. The molecule has 0 saturated heterocycles. The Morgan fingerprint density at radius 1 is 1.62 bits per heavy atom. The van der Waals surface area contributed by atoms with Gasteiger partial charge in [-0.2, -0.15) is 0 Å². The van der Waals surface area contributed by atoms with E-state index in [0.717, 1.165) is 21.6 Å². The van der Waals surface area contributed by atoms with E-state index < -0.39 is 0 Å². The summed E-state index contributed by atoms with van der Waals surface area (Å²) in [5, 5.41) is 0. The van der Waals surface area contributed by atoms with Gasteiger partial charge in [-0.3, -0.25) is 4.98 Å². The quantitative estimate of drug-likeness (QED) is 0.904. The van der Waals surface area contributed by atoms with Crippen LogP contribution in [0.2, 0.25) is 0 Å². The van der Waals surface area contributed by atoms with Gasteiger partial charge < -0.3 is 10.5 Å². The molecule has 1 atom stereocenters. The Labute approximate surface area is 105 Å². The summed E-state index contributed by atoms with van der Waals surface area (Å²) in [6.07, 6.45) is 0.714. The minimum absolute atomic E-state index is 0.0730. The van der Waals surface area contributed by atoms with Gasteiger partial charge in [-0.25, -0.2) is 0 Å². The van der Waals surface area contributed by atoms with Crippen LogP contribution in [-0.2, 0) is 6.42 Å². The van der Waals surface area contributed by atoms with Crippen molar-refractivity contribution in [1.29, 1.82) is 0 Å². The molecule has 0 bridgehead atoms. The molecule has 0 aliphatic rings. The van der Waals surface area contributed by atoms with Crippen LogP contribution in [0.4, 0.5) is 0 Å². The van der Waals surface area contributed by atoms with E-state index in [9.17, 15) is 0 Å². The normalized spacial score (nSPS) is 12.2. The second-order valence-corrected chi connectivity index (χ2v) is 5.01. The van der Waals surface area contributed by atoms with Crippen LogP contribution in [0.15, 0.2) is 23.2 Å². The Morgan fingerprint density at radius 3 is 2.88 bits per heavy atom. The van der Waals surface area contributed by atoms with Gasteiger partial charge in [0.05, 0.1) is 5.69 Å². The van der Waals surface area contributed by atoms with E-state index in [0.29, 0.717) is 13.0 Å². The van der Waals surface area contributed by atoms with Gasteiger partial charge in [-0.1, -0.05) is 22.5 Å². The highest BCUT2D eigenvalue weighted by molar-refractivity contribution is 9.11. The fourth-order valence-corrected chi connectivity index (χ4v) is 1.45. The minimum atomic E-state index is 0.0730. The maximum atomic E-state index is 5.78. The number of pyridine rings is 1. The second kappa shape index (κ2) is 6.01. The molecule has 0 aliphatic carbocycles. The third kappa shape index (κ3) is 4.33. The van der Waals surface area contributed by atoms with E-state index in [1.807, 2.05) is 26.0 Å². The Kier molecular flexibility index (Phi) is 4.96. The smallest absolute Gasteiger partial charge is 0.141 e. The topological polar surface area (TPSA) is 48.1 Å². The van der Waals surface area contributed by atoms with Crippen molar-refractivity contribution >= 4 is 15.9 Å². The van der Waals surface area contributed by atoms with Crippen LogP contribution in [0.25, 0.3) is 0 Å². The third-order valence-electron chi connectivity index (χ3n) is 1.97. The molecule has 16 heavy (non-hydrogen) atoms. The SMILES string of the molecule is C=C(Br)COc1ccc(C)nc1CC(C)N. The lowest BCUT2D eigenvalue weighted by molar-refractivity contribution is 0.353. The summed E-state index contributed by atoms with van der Waals surface area (Å²) < 4.78 is 6.40. The van der Waals surface area contributed by atoms with Crippen molar-refractivity contribution in [1.82, 2.24) is 4.98 Å². The van der Waals surface area contributed by atoms with Crippen molar-refractivity contribution in [2.24, 2.45) is 5.73 Å². The van der Waals surface area contributed by atoms with Crippen LogP contribution in [0.3, 0.4) is 0 Å². The summed E-state index contributed by atoms with van der Waals surface area (Å²) >= 11 is 3.26. The van der Waals surface area contributed by atoms with Crippen molar-refractivity contribution in [2.45, 2.75) is 26.3 Å². The van der Waals surface area contributed by atoms with E-state index in [4.69, 9.17) is 10.5 Å². The second-order valence-electron chi connectivity index (χ2n) is 3.88. The summed E-state index contributed by atoms with van der Waals surface area (Å²) in [6.45, 7) is 8.08. The number of nitrogens with two attached hydrogens (primary N) is 1. The summed E-state index contributed by atoms with van der Waals surface area (Å²) in [5.41, 5.74) is 7.66. The van der Waals surface area contributed by atoms with E-state index in [2.05, 4.69) is 27.5 Å². The first-order valence-corrected chi connectivity index (χ1v) is 5.96. The number of aryl methyl sites for hydroxylation is 1. The highest BCUT2D eigenvalue weighted by Gasteiger charge is 2.08. The molecule has 0 fully saturated rings. The Morgan fingerprint density at radius 2 is 2.31 bits per heavy atom. The molecule has 4 heteroatoms. The van der Waals surface area contributed by atoms with Crippen molar-refractivity contribution in [2.75, 3.05) is 6.61 Å². The lowest BCUT2D eigenvalue weighted by atomic mass is 10.1. The highest BCUT2D eigenvalue weighted by atomic mass is 79.9. The summed E-state index contributed by atoms with van der Waals surface area (Å²) in [6, 6.07) is 3.93. The number of aromatic nitrogens is 1. The molecule has 0 spiro atoms. The monoisotopic (exact) mass is 284 g/mol. The first kappa shape index (κ1) is 13.2. The van der Waals surface area contributed by atoms with E-state index >= 15 is 0 Å². The van der Waals surface area contributed by atoms with Gasteiger partial charge in [-0.05, 0) is 26.0 Å². The van der Waals surface area contributed by atoms with Gasteiger partial charge in [0.15, 0.2) is 0 Å². The average Bonchev–Trinajstić information content (AvgIpc) is 2.15. The highest BCUT2D eigenvalue weighted by Crippen LogP contribution is 2.19.